The first kappa shape index (κ1) is 62.7. The van der Waals surface area contributed by atoms with Crippen LogP contribution in [-0.4, -0.2) is 158 Å². The number of unbranched alkanes of at least 4 members (excludes halogenated alkanes) is 2. The summed E-state index contributed by atoms with van der Waals surface area (Å²) in [5.41, 5.74) is 6.76. The number of likely N-dealkylation sites (N-methyl/N-ethyl adjacent to an activating group) is 1. The van der Waals surface area contributed by atoms with E-state index in [-0.39, 0.29) is 53.1 Å². The Morgan fingerprint density at radius 2 is 1.69 bits per heavy atom. The van der Waals surface area contributed by atoms with Gasteiger partial charge in [-0.05, 0) is 168 Å². The number of benzene rings is 4. The van der Waals surface area contributed by atoms with E-state index in [0.717, 1.165) is 131 Å². The summed E-state index contributed by atoms with van der Waals surface area (Å²) in [4.78, 5) is 81.5. The molecule has 0 saturated carbocycles. The Kier molecular flexibility index (Phi) is 19.4. The molecule has 23 heteroatoms. The second kappa shape index (κ2) is 27.5. The highest BCUT2D eigenvalue weighted by molar-refractivity contribution is 7.90. The van der Waals surface area contributed by atoms with Crippen LogP contribution in [0.1, 0.15) is 110 Å². The zero-order chi connectivity index (χ0) is 62.4. The number of hydrogen-bond donors (Lipinski definition) is 4. The average Bonchev–Trinajstić information content (AvgIpc) is 2.29. The molecule has 6 aromatic rings. The predicted molar refractivity (Wildman–Crippen MR) is 342 cm³/mol. The summed E-state index contributed by atoms with van der Waals surface area (Å²) in [5.74, 6) is -0.594. The van der Waals surface area contributed by atoms with Crippen LogP contribution in [0.4, 0.5) is 17.1 Å². The highest BCUT2D eigenvalue weighted by Crippen LogP contribution is 2.44. The number of hydrogen-bond acceptors (Lipinski definition) is 16. The first-order chi connectivity index (χ1) is 42.8. The SMILES string of the molecule is CN(CCCCCOc1cccc2c1CN(C1CCC(=O)NC1=O)C2=O)CCN1CCC(CNc2ccc(S(=O)(=O)NC(=O)c3ccc(N4CCN(CC5=C(c6ccc(Cl)cc6)CC(C)(C)CC5)CC4)cc3Oc3cnc4[nH]ccc4c3)cc2[N+](=O)[O-])CC1. The summed E-state index contributed by atoms with van der Waals surface area (Å²) in [6.45, 7) is 14.3. The zero-order valence-electron chi connectivity index (χ0n) is 50.7. The number of aromatic amines is 1. The molecular formula is C66H78ClN11O10S. The maximum atomic E-state index is 14.2. The van der Waals surface area contributed by atoms with Gasteiger partial charge in [-0.3, -0.25) is 39.5 Å². The number of likely N-dealkylation sites (tertiary alicyclic amines) is 1. The summed E-state index contributed by atoms with van der Waals surface area (Å²) >= 11 is 6.28. The lowest BCUT2D eigenvalue weighted by atomic mass is 9.72. The van der Waals surface area contributed by atoms with Gasteiger partial charge in [0, 0.05) is 104 Å². The molecule has 0 spiro atoms. The first-order valence-electron chi connectivity index (χ1n) is 30.9. The van der Waals surface area contributed by atoms with Crippen molar-refractivity contribution in [3.63, 3.8) is 0 Å². The number of pyridine rings is 1. The van der Waals surface area contributed by atoms with Crippen LogP contribution in [-0.2, 0) is 26.2 Å². The Hall–Kier alpha value is -7.89. The zero-order valence-corrected chi connectivity index (χ0v) is 52.3. The fourth-order valence-corrected chi connectivity index (χ4v) is 13.9. The van der Waals surface area contributed by atoms with Crippen LogP contribution >= 0.6 is 11.6 Å². The minimum Gasteiger partial charge on any atom is -0.493 e. The number of H-pyrrole nitrogens is 1. The standard InChI is InChI=1S/C66H78ClN11O10S/c1-66(2)24-20-47(54(39-66)45-10-12-48(67)13-11-45)42-75-31-33-76(34-32-75)49-14-16-53(60(37-49)88-50-36-46-21-25-68-62(46)70-41-50)63(80)72-89(85,86)51-15-17-56(58(38-51)78(83)84)69-40-44-22-27-74(28-23-44)30-29-73(3)26-5-4-6-35-87-59-9-7-8-52-55(59)43-77(65(52)82)57-18-19-61(79)71-64(57)81/h7-17,21,25,36-38,41,44,57,69H,4-6,18-20,22-24,26-35,39-40,42-43H2,1-3H3,(H,68,70)(H,72,80)(H,71,79,81). The molecule has 3 saturated heterocycles. The molecule has 4 amide bonds. The molecular weight excluding hydrogens is 1170 g/mol. The molecule has 5 aliphatic rings. The van der Waals surface area contributed by atoms with Crippen LogP contribution in [0, 0.1) is 21.4 Å². The molecule has 3 fully saturated rings. The number of fused-ring (bicyclic) bond motifs is 2. The van der Waals surface area contributed by atoms with Gasteiger partial charge in [-0.25, -0.2) is 18.1 Å². The fraction of sp³-hybridized carbons (Fsp3) is 0.439. The molecule has 4 aliphatic heterocycles. The Balaban J connectivity index is 0.642. The molecule has 6 heterocycles. The quantitative estimate of drug-likeness (QED) is 0.0191. The van der Waals surface area contributed by atoms with E-state index >= 15 is 0 Å². The molecule has 4 aromatic carbocycles. The summed E-state index contributed by atoms with van der Waals surface area (Å²) in [6, 6.07) is 25.2. The molecule has 11 rings (SSSR count). The number of nitrogens with one attached hydrogen (secondary N) is 4. The fourth-order valence-electron chi connectivity index (χ4n) is 12.8. The van der Waals surface area contributed by atoms with Crippen molar-refractivity contribution in [2.45, 2.75) is 95.5 Å². The molecule has 4 N–H and O–H groups in total. The predicted octanol–water partition coefficient (Wildman–Crippen LogP) is 9.89. The van der Waals surface area contributed by atoms with Crippen molar-refractivity contribution in [1.82, 2.24) is 39.6 Å². The minimum atomic E-state index is -4.62. The van der Waals surface area contributed by atoms with E-state index in [1.807, 2.05) is 24.3 Å². The van der Waals surface area contributed by atoms with E-state index in [2.05, 4.69) is 78.0 Å². The van der Waals surface area contributed by atoms with Crippen LogP contribution < -0.4 is 29.7 Å². The maximum Gasteiger partial charge on any atom is 0.293 e. The van der Waals surface area contributed by atoms with Crippen LogP contribution in [0.3, 0.4) is 0 Å². The maximum absolute atomic E-state index is 14.2. The number of sulfonamides is 1. The van der Waals surface area contributed by atoms with Gasteiger partial charge >= 0.3 is 0 Å². The number of ether oxygens (including phenoxy) is 2. The number of imide groups is 1. The third kappa shape index (κ3) is 15.2. The smallest absolute Gasteiger partial charge is 0.293 e. The van der Waals surface area contributed by atoms with E-state index in [0.29, 0.717) is 55.4 Å². The van der Waals surface area contributed by atoms with Crippen molar-refractivity contribution in [3.05, 3.63) is 146 Å². The number of allylic oxidation sites excluding steroid dienone is 1. The summed E-state index contributed by atoms with van der Waals surface area (Å²) < 4.78 is 42.7. The molecule has 1 unspecified atom stereocenters. The van der Waals surface area contributed by atoms with Crippen LogP contribution in [0.2, 0.25) is 5.02 Å². The number of nitro groups is 1. The van der Waals surface area contributed by atoms with Gasteiger partial charge < -0.3 is 39.4 Å². The average molecular weight is 1250 g/mol. The molecule has 0 radical (unpaired) electrons. The van der Waals surface area contributed by atoms with Crippen LogP contribution in [0.5, 0.6) is 17.2 Å². The molecule has 1 atom stereocenters. The van der Waals surface area contributed by atoms with E-state index < -0.39 is 43.4 Å². The normalized spacial score (nSPS) is 18.6. The van der Waals surface area contributed by atoms with Crippen LogP contribution in [0.25, 0.3) is 16.6 Å². The summed E-state index contributed by atoms with van der Waals surface area (Å²) in [5, 5.41) is 19.6. The van der Waals surface area contributed by atoms with Gasteiger partial charge in [0.25, 0.3) is 27.5 Å². The highest BCUT2D eigenvalue weighted by atomic mass is 35.5. The number of nitro benzene ring substituents is 1. The van der Waals surface area contributed by atoms with Gasteiger partial charge in [-0.2, -0.15) is 0 Å². The number of carbonyl (C=O) groups excluding carboxylic acids is 4. The van der Waals surface area contributed by atoms with Crippen molar-refractivity contribution in [1.29, 1.82) is 0 Å². The van der Waals surface area contributed by atoms with E-state index in [1.54, 1.807) is 42.6 Å². The van der Waals surface area contributed by atoms with E-state index in [1.165, 1.54) is 39.9 Å². The Labute approximate surface area is 524 Å². The number of carbonyl (C=O) groups is 4. The van der Waals surface area contributed by atoms with Crippen molar-refractivity contribution in [2.75, 3.05) is 95.9 Å². The molecule has 2 aromatic heterocycles. The van der Waals surface area contributed by atoms with Gasteiger partial charge in [0.15, 0.2) is 0 Å². The topological polar surface area (TPSA) is 245 Å². The first-order valence-corrected chi connectivity index (χ1v) is 32.8. The number of nitrogens with zero attached hydrogens (tertiary/aromatic N) is 7. The van der Waals surface area contributed by atoms with E-state index in [4.69, 9.17) is 21.1 Å². The molecule has 89 heavy (non-hydrogen) atoms. The van der Waals surface area contributed by atoms with Gasteiger partial charge in [0.1, 0.15) is 34.6 Å². The van der Waals surface area contributed by atoms with Crippen molar-refractivity contribution in [2.24, 2.45) is 11.3 Å². The number of anilines is 2. The highest BCUT2D eigenvalue weighted by Gasteiger charge is 2.40. The molecule has 21 nitrogen and oxygen atoms in total. The van der Waals surface area contributed by atoms with Gasteiger partial charge in [-0.15, -0.1) is 0 Å². The van der Waals surface area contributed by atoms with Crippen LogP contribution in [0.15, 0.2) is 114 Å². The van der Waals surface area contributed by atoms with Gasteiger partial charge in [-0.1, -0.05) is 49.2 Å². The number of piperidine rings is 2. The number of piperazine rings is 1. The van der Waals surface area contributed by atoms with Crippen molar-refractivity contribution < 1.29 is 42.0 Å². The van der Waals surface area contributed by atoms with Gasteiger partial charge in [0.05, 0.1) is 34.7 Å². The number of aromatic nitrogens is 2. The summed E-state index contributed by atoms with van der Waals surface area (Å²) in [7, 11) is -2.50. The monoisotopic (exact) mass is 1250 g/mol. The number of amides is 4. The molecule has 1 aliphatic carbocycles. The Bertz CT molecular complexity index is 3770. The minimum absolute atomic E-state index is 0.0501. The third-order valence-electron chi connectivity index (χ3n) is 18.1. The largest absolute Gasteiger partial charge is 0.493 e. The van der Waals surface area contributed by atoms with Crippen molar-refractivity contribution >= 4 is 78.9 Å². The Morgan fingerprint density at radius 3 is 2.46 bits per heavy atom. The van der Waals surface area contributed by atoms with Gasteiger partial charge in [0.2, 0.25) is 11.8 Å². The lowest BCUT2D eigenvalue weighted by molar-refractivity contribution is -0.384. The van der Waals surface area contributed by atoms with Crippen molar-refractivity contribution in [3.8, 4) is 17.2 Å². The summed E-state index contributed by atoms with van der Waals surface area (Å²) in [6.07, 6.45) is 11.6. The number of halogens is 1. The lowest BCUT2D eigenvalue weighted by Gasteiger charge is -2.39. The Morgan fingerprint density at radius 1 is 0.888 bits per heavy atom. The second-order valence-corrected chi connectivity index (χ2v) is 27.1. The second-order valence-electron chi connectivity index (χ2n) is 25.0. The molecule has 470 valence electrons. The third-order valence-corrected chi connectivity index (χ3v) is 19.7. The lowest BCUT2D eigenvalue weighted by Crippen LogP contribution is -2.52. The van der Waals surface area contributed by atoms with E-state index in [9.17, 15) is 37.7 Å². The number of rotatable bonds is 24. The molecule has 0 bridgehead atoms.